The molecule has 21 heavy (non-hydrogen) atoms. The van der Waals surface area contributed by atoms with Gasteiger partial charge in [-0.2, -0.15) is 0 Å². The van der Waals surface area contributed by atoms with Crippen LogP contribution in [0.3, 0.4) is 0 Å². The smallest absolute Gasteiger partial charge is 0.261 e. The Morgan fingerprint density at radius 2 is 2.24 bits per heavy atom. The average molecular weight is 288 g/mol. The van der Waals surface area contributed by atoms with E-state index >= 15 is 0 Å². The Bertz CT molecular complexity index is 620. The van der Waals surface area contributed by atoms with Crippen LogP contribution in [-0.4, -0.2) is 22.8 Å². The molecule has 2 rings (SSSR count). The van der Waals surface area contributed by atoms with Crippen LogP contribution in [0.4, 0.5) is 5.69 Å². The van der Waals surface area contributed by atoms with Crippen molar-refractivity contribution in [1.29, 1.82) is 0 Å². The number of nitrogens with one attached hydrogen (secondary N) is 1. The van der Waals surface area contributed by atoms with E-state index in [1.54, 1.807) is 6.92 Å². The SMILES string of the molecule is CCc1noc(C)c1C(=O)Nc1cccc(CCCO)c1. The van der Waals surface area contributed by atoms with Crippen LogP contribution < -0.4 is 5.32 Å². The van der Waals surface area contributed by atoms with Crippen LogP contribution in [0.1, 0.15) is 40.7 Å². The molecule has 1 aromatic carbocycles. The average Bonchev–Trinajstić information content (AvgIpc) is 2.86. The van der Waals surface area contributed by atoms with Crippen LogP contribution in [0.5, 0.6) is 0 Å². The van der Waals surface area contributed by atoms with Gasteiger partial charge in [0.2, 0.25) is 0 Å². The normalized spacial score (nSPS) is 10.6. The van der Waals surface area contributed by atoms with Crippen LogP contribution in [-0.2, 0) is 12.8 Å². The van der Waals surface area contributed by atoms with E-state index in [4.69, 9.17) is 9.63 Å². The minimum atomic E-state index is -0.204. The first-order chi connectivity index (χ1) is 10.2. The summed E-state index contributed by atoms with van der Waals surface area (Å²) >= 11 is 0. The lowest BCUT2D eigenvalue weighted by atomic mass is 10.1. The maximum atomic E-state index is 12.3. The third kappa shape index (κ3) is 3.70. The van der Waals surface area contributed by atoms with Crippen molar-refractivity contribution in [3.63, 3.8) is 0 Å². The standard InChI is InChI=1S/C16H20N2O3/c1-3-14-15(11(2)21-18-14)16(20)17-13-8-4-6-12(10-13)7-5-9-19/h4,6,8,10,19H,3,5,7,9H2,1-2H3,(H,17,20). The maximum Gasteiger partial charge on any atom is 0.261 e. The molecule has 2 N–H and O–H groups in total. The largest absolute Gasteiger partial charge is 0.396 e. The van der Waals surface area contributed by atoms with Crippen molar-refractivity contribution in [2.24, 2.45) is 0 Å². The summed E-state index contributed by atoms with van der Waals surface area (Å²) in [4.78, 5) is 12.3. The van der Waals surface area contributed by atoms with Crippen LogP contribution in [0, 0.1) is 6.92 Å². The van der Waals surface area contributed by atoms with Crippen LogP contribution >= 0.6 is 0 Å². The quantitative estimate of drug-likeness (QED) is 0.857. The number of amides is 1. The maximum absolute atomic E-state index is 12.3. The molecule has 1 amide bonds. The fourth-order valence-corrected chi connectivity index (χ4v) is 2.23. The molecule has 1 aromatic heterocycles. The number of aromatic nitrogens is 1. The molecular formula is C16H20N2O3. The summed E-state index contributed by atoms with van der Waals surface area (Å²) in [6.45, 7) is 3.83. The lowest BCUT2D eigenvalue weighted by Crippen LogP contribution is -2.14. The first kappa shape index (κ1) is 15.3. The monoisotopic (exact) mass is 288 g/mol. The van der Waals surface area contributed by atoms with Crippen molar-refractivity contribution in [2.45, 2.75) is 33.1 Å². The number of nitrogens with zero attached hydrogens (tertiary/aromatic N) is 1. The first-order valence-electron chi connectivity index (χ1n) is 7.12. The lowest BCUT2D eigenvalue weighted by Gasteiger charge is -2.07. The number of rotatable bonds is 6. The molecule has 0 aliphatic heterocycles. The Kier molecular flexibility index (Phi) is 5.11. The van der Waals surface area contributed by atoms with Gasteiger partial charge in [-0.1, -0.05) is 24.2 Å². The molecule has 0 aliphatic rings. The first-order valence-corrected chi connectivity index (χ1v) is 7.12. The number of anilines is 1. The Morgan fingerprint density at radius 3 is 2.95 bits per heavy atom. The van der Waals surface area contributed by atoms with Gasteiger partial charge >= 0.3 is 0 Å². The number of aliphatic hydroxyl groups excluding tert-OH is 1. The van der Waals surface area contributed by atoms with Gasteiger partial charge in [0.1, 0.15) is 11.3 Å². The highest BCUT2D eigenvalue weighted by atomic mass is 16.5. The summed E-state index contributed by atoms with van der Waals surface area (Å²) in [6, 6.07) is 7.63. The predicted molar refractivity (Wildman–Crippen MR) is 80.4 cm³/mol. The lowest BCUT2D eigenvalue weighted by molar-refractivity contribution is 0.102. The Morgan fingerprint density at radius 1 is 1.43 bits per heavy atom. The van der Waals surface area contributed by atoms with Crippen LogP contribution in [0.25, 0.3) is 0 Å². The molecule has 0 atom stereocenters. The molecule has 2 aromatic rings. The summed E-state index contributed by atoms with van der Waals surface area (Å²) < 4.78 is 5.08. The van der Waals surface area contributed by atoms with Gasteiger partial charge in [-0.15, -0.1) is 0 Å². The van der Waals surface area contributed by atoms with Crippen LogP contribution in [0.2, 0.25) is 0 Å². The second-order valence-electron chi connectivity index (χ2n) is 4.90. The van der Waals surface area contributed by atoms with Gasteiger partial charge in [0.25, 0.3) is 5.91 Å². The number of hydrogen-bond acceptors (Lipinski definition) is 4. The zero-order chi connectivity index (χ0) is 15.2. The molecule has 0 radical (unpaired) electrons. The highest BCUT2D eigenvalue weighted by Crippen LogP contribution is 2.18. The molecule has 0 aliphatic carbocycles. The van der Waals surface area contributed by atoms with E-state index in [9.17, 15) is 4.79 Å². The molecule has 0 saturated carbocycles. The minimum Gasteiger partial charge on any atom is -0.396 e. The van der Waals surface area contributed by atoms with E-state index in [1.807, 2.05) is 31.2 Å². The second-order valence-corrected chi connectivity index (χ2v) is 4.90. The number of aliphatic hydroxyl groups is 1. The second kappa shape index (κ2) is 7.04. The third-order valence-electron chi connectivity index (χ3n) is 3.30. The van der Waals surface area contributed by atoms with E-state index < -0.39 is 0 Å². The highest BCUT2D eigenvalue weighted by Gasteiger charge is 2.19. The number of carbonyl (C=O) groups excluding carboxylic acids is 1. The van der Waals surface area contributed by atoms with Crippen LogP contribution in [0.15, 0.2) is 28.8 Å². The van der Waals surface area contributed by atoms with E-state index in [2.05, 4.69) is 10.5 Å². The zero-order valence-electron chi connectivity index (χ0n) is 12.3. The molecule has 1 heterocycles. The minimum absolute atomic E-state index is 0.163. The number of hydrogen-bond donors (Lipinski definition) is 2. The van der Waals surface area contributed by atoms with Crippen molar-refractivity contribution >= 4 is 11.6 Å². The Hall–Kier alpha value is -2.14. The molecule has 0 saturated heterocycles. The predicted octanol–water partition coefficient (Wildman–Crippen LogP) is 2.72. The third-order valence-corrected chi connectivity index (χ3v) is 3.30. The summed E-state index contributed by atoms with van der Waals surface area (Å²) in [5.41, 5.74) is 3.00. The summed E-state index contributed by atoms with van der Waals surface area (Å²) in [6.07, 6.45) is 2.14. The molecule has 112 valence electrons. The van der Waals surface area contributed by atoms with Crippen molar-refractivity contribution in [2.75, 3.05) is 11.9 Å². The van der Waals surface area contributed by atoms with E-state index in [-0.39, 0.29) is 12.5 Å². The molecule has 0 bridgehead atoms. The van der Waals surface area contributed by atoms with Gasteiger partial charge < -0.3 is 14.9 Å². The molecule has 0 unspecified atom stereocenters. The fraction of sp³-hybridized carbons (Fsp3) is 0.375. The van der Waals surface area contributed by atoms with Gasteiger partial charge in [-0.05, 0) is 43.9 Å². The van der Waals surface area contributed by atoms with Gasteiger partial charge in [0.05, 0.1) is 5.69 Å². The number of carbonyl (C=O) groups is 1. The summed E-state index contributed by atoms with van der Waals surface area (Å²) in [7, 11) is 0. The molecule has 5 nitrogen and oxygen atoms in total. The van der Waals surface area contributed by atoms with Crippen molar-refractivity contribution in [1.82, 2.24) is 5.16 Å². The Labute approximate surface area is 124 Å². The molecular weight excluding hydrogens is 268 g/mol. The zero-order valence-corrected chi connectivity index (χ0v) is 12.3. The number of benzene rings is 1. The Balaban J connectivity index is 2.14. The summed E-state index contributed by atoms with van der Waals surface area (Å²) in [5, 5.41) is 15.6. The van der Waals surface area contributed by atoms with Gasteiger partial charge in [0, 0.05) is 12.3 Å². The van der Waals surface area contributed by atoms with Crippen molar-refractivity contribution < 1.29 is 14.4 Å². The highest BCUT2D eigenvalue weighted by molar-refractivity contribution is 6.05. The van der Waals surface area contributed by atoms with E-state index in [0.717, 1.165) is 17.7 Å². The topological polar surface area (TPSA) is 75.4 Å². The molecule has 0 fully saturated rings. The van der Waals surface area contributed by atoms with Crippen molar-refractivity contribution in [3.8, 4) is 0 Å². The van der Waals surface area contributed by atoms with Gasteiger partial charge in [-0.25, -0.2) is 0 Å². The van der Waals surface area contributed by atoms with Gasteiger partial charge in [-0.3, -0.25) is 4.79 Å². The molecule has 5 heteroatoms. The number of aryl methyl sites for hydroxylation is 3. The summed E-state index contributed by atoms with van der Waals surface area (Å²) in [5.74, 6) is 0.325. The fourth-order valence-electron chi connectivity index (χ4n) is 2.23. The van der Waals surface area contributed by atoms with Gasteiger partial charge in [0.15, 0.2) is 0 Å². The van der Waals surface area contributed by atoms with E-state index in [0.29, 0.717) is 29.9 Å². The van der Waals surface area contributed by atoms with Crippen molar-refractivity contribution in [3.05, 3.63) is 46.8 Å². The van der Waals surface area contributed by atoms with E-state index in [1.165, 1.54) is 0 Å². The molecule has 0 spiro atoms.